The lowest BCUT2D eigenvalue weighted by atomic mass is 10.1. The first-order valence-electron chi connectivity index (χ1n) is 5.53. The van der Waals surface area contributed by atoms with Crippen LogP contribution in [0.3, 0.4) is 0 Å². The van der Waals surface area contributed by atoms with E-state index in [1.807, 2.05) is 0 Å². The highest BCUT2D eigenvalue weighted by Crippen LogP contribution is 2.30. The van der Waals surface area contributed by atoms with Crippen LogP contribution in [0.25, 0.3) is 0 Å². The van der Waals surface area contributed by atoms with Crippen LogP contribution in [-0.2, 0) is 0 Å². The molecule has 0 atom stereocenters. The molecule has 0 saturated heterocycles. The largest absolute Gasteiger partial charge is 0.477 e. The fourth-order valence-corrected chi connectivity index (χ4v) is 1.59. The average molecular weight is 295 g/mol. The summed E-state index contributed by atoms with van der Waals surface area (Å²) >= 11 is 0. The highest BCUT2D eigenvalue weighted by molar-refractivity contribution is 5.92. The normalized spacial score (nSPS) is 10.2. The molecule has 2 aromatic carbocycles. The number of aromatic carboxylic acids is 1. The summed E-state index contributed by atoms with van der Waals surface area (Å²) in [5.41, 5.74) is -1.25. The maximum atomic E-state index is 13.4. The van der Waals surface area contributed by atoms with Gasteiger partial charge >= 0.3 is 5.97 Å². The van der Waals surface area contributed by atoms with E-state index in [0.29, 0.717) is 0 Å². The van der Waals surface area contributed by atoms with Crippen molar-refractivity contribution in [1.82, 2.24) is 0 Å². The van der Waals surface area contributed by atoms with Crippen molar-refractivity contribution in [1.29, 1.82) is 0 Å². The Balaban J connectivity index is 2.41. The first-order chi connectivity index (χ1) is 9.88. The van der Waals surface area contributed by atoms with Gasteiger partial charge in [-0.05, 0) is 24.3 Å². The molecule has 0 aliphatic heterocycles. The zero-order chi connectivity index (χ0) is 15.6. The number of benzene rings is 2. The zero-order valence-corrected chi connectivity index (χ0v) is 10.2. The standard InChI is InChI=1S/C13H7F2NO5/c14-7-1-4-10(15)12(5-7)21-8-2-3-9(13(17)18)11(6-8)16(19)20/h1-6H,(H,17,18). The predicted molar refractivity (Wildman–Crippen MR) is 66.5 cm³/mol. The molecular weight excluding hydrogens is 288 g/mol. The van der Waals surface area contributed by atoms with Crippen LogP contribution in [0.4, 0.5) is 14.5 Å². The monoisotopic (exact) mass is 295 g/mol. The van der Waals surface area contributed by atoms with Gasteiger partial charge in [0.25, 0.3) is 5.69 Å². The van der Waals surface area contributed by atoms with E-state index in [1.165, 1.54) is 0 Å². The Hall–Kier alpha value is -3.03. The third-order valence-corrected chi connectivity index (χ3v) is 2.52. The summed E-state index contributed by atoms with van der Waals surface area (Å²) in [5, 5.41) is 19.6. The molecule has 108 valence electrons. The molecule has 0 heterocycles. The van der Waals surface area contributed by atoms with Crippen molar-refractivity contribution in [2.45, 2.75) is 0 Å². The van der Waals surface area contributed by atoms with E-state index in [9.17, 15) is 23.7 Å². The summed E-state index contributed by atoms with van der Waals surface area (Å²) < 4.78 is 31.4. The van der Waals surface area contributed by atoms with Crippen molar-refractivity contribution < 1.29 is 28.3 Å². The van der Waals surface area contributed by atoms with Gasteiger partial charge < -0.3 is 9.84 Å². The number of nitro benzene ring substituents is 1. The second-order valence-corrected chi connectivity index (χ2v) is 3.92. The molecule has 0 spiro atoms. The van der Waals surface area contributed by atoms with Gasteiger partial charge in [0, 0.05) is 6.07 Å². The van der Waals surface area contributed by atoms with Gasteiger partial charge in [0.2, 0.25) is 0 Å². The topological polar surface area (TPSA) is 89.7 Å². The van der Waals surface area contributed by atoms with Crippen LogP contribution >= 0.6 is 0 Å². The molecule has 2 aromatic rings. The fraction of sp³-hybridized carbons (Fsp3) is 0. The summed E-state index contributed by atoms with van der Waals surface area (Å²) in [6.07, 6.45) is 0. The highest BCUT2D eigenvalue weighted by Gasteiger charge is 2.21. The Morgan fingerprint density at radius 1 is 1.19 bits per heavy atom. The molecule has 0 radical (unpaired) electrons. The second kappa shape index (κ2) is 5.53. The van der Waals surface area contributed by atoms with E-state index >= 15 is 0 Å². The number of halogens is 2. The van der Waals surface area contributed by atoms with E-state index < -0.39 is 39.5 Å². The Morgan fingerprint density at radius 2 is 1.90 bits per heavy atom. The molecule has 0 aliphatic carbocycles. The molecule has 6 nitrogen and oxygen atoms in total. The van der Waals surface area contributed by atoms with Crippen LogP contribution in [0.15, 0.2) is 36.4 Å². The van der Waals surface area contributed by atoms with Crippen LogP contribution < -0.4 is 4.74 Å². The SMILES string of the molecule is O=C(O)c1ccc(Oc2cc(F)ccc2F)cc1[N+](=O)[O-]. The van der Waals surface area contributed by atoms with Crippen molar-refractivity contribution in [2.24, 2.45) is 0 Å². The minimum atomic E-state index is -1.48. The smallest absolute Gasteiger partial charge is 0.342 e. The third-order valence-electron chi connectivity index (χ3n) is 2.52. The Kier molecular flexibility index (Phi) is 3.79. The Bertz CT molecular complexity index is 732. The van der Waals surface area contributed by atoms with Gasteiger partial charge in [-0.25, -0.2) is 13.6 Å². The lowest BCUT2D eigenvalue weighted by molar-refractivity contribution is -0.385. The maximum absolute atomic E-state index is 13.4. The molecule has 8 heteroatoms. The van der Waals surface area contributed by atoms with E-state index in [4.69, 9.17) is 9.84 Å². The van der Waals surface area contributed by atoms with Gasteiger partial charge in [0.05, 0.1) is 11.0 Å². The van der Waals surface area contributed by atoms with Gasteiger partial charge in [0.15, 0.2) is 11.6 Å². The molecule has 2 rings (SSSR count). The molecule has 21 heavy (non-hydrogen) atoms. The van der Waals surface area contributed by atoms with Crippen LogP contribution in [-0.4, -0.2) is 16.0 Å². The lowest BCUT2D eigenvalue weighted by Crippen LogP contribution is -2.02. The average Bonchev–Trinajstić information content (AvgIpc) is 2.42. The number of carboxylic acids is 1. The number of nitro groups is 1. The molecule has 0 aromatic heterocycles. The van der Waals surface area contributed by atoms with Gasteiger partial charge in [-0.1, -0.05) is 0 Å². The number of hydrogen-bond donors (Lipinski definition) is 1. The second-order valence-electron chi connectivity index (χ2n) is 3.92. The van der Waals surface area contributed by atoms with Crippen LogP contribution in [0.2, 0.25) is 0 Å². The number of hydrogen-bond acceptors (Lipinski definition) is 4. The first-order valence-corrected chi connectivity index (χ1v) is 5.53. The number of rotatable bonds is 4. The summed E-state index contributed by atoms with van der Waals surface area (Å²) in [6.45, 7) is 0. The van der Waals surface area contributed by atoms with Gasteiger partial charge in [-0.3, -0.25) is 10.1 Å². The minimum absolute atomic E-state index is 0.184. The minimum Gasteiger partial charge on any atom is -0.477 e. The highest BCUT2D eigenvalue weighted by atomic mass is 19.1. The zero-order valence-electron chi connectivity index (χ0n) is 10.2. The fourth-order valence-electron chi connectivity index (χ4n) is 1.59. The maximum Gasteiger partial charge on any atom is 0.342 e. The molecule has 0 amide bonds. The third kappa shape index (κ3) is 3.11. The molecule has 0 bridgehead atoms. The molecule has 0 unspecified atom stereocenters. The Morgan fingerprint density at radius 3 is 2.52 bits per heavy atom. The van der Waals surface area contributed by atoms with Gasteiger partial charge in [-0.2, -0.15) is 0 Å². The van der Waals surface area contributed by atoms with Crippen molar-refractivity contribution in [3.63, 3.8) is 0 Å². The van der Waals surface area contributed by atoms with Crippen molar-refractivity contribution in [3.8, 4) is 11.5 Å². The summed E-state index contributed by atoms with van der Waals surface area (Å²) in [6, 6.07) is 5.39. The van der Waals surface area contributed by atoms with E-state index in [-0.39, 0.29) is 5.75 Å². The quantitative estimate of drug-likeness (QED) is 0.690. The Labute approximate surface area is 116 Å². The summed E-state index contributed by atoms with van der Waals surface area (Å²) in [4.78, 5) is 20.7. The van der Waals surface area contributed by atoms with E-state index in [1.54, 1.807) is 0 Å². The van der Waals surface area contributed by atoms with Crippen molar-refractivity contribution in [3.05, 3.63) is 63.7 Å². The van der Waals surface area contributed by atoms with Gasteiger partial charge in [0.1, 0.15) is 17.1 Å². The van der Waals surface area contributed by atoms with Gasteiger partial charge in [-0.15, -0.1) is 0 Å². The molecule has 0 fully saturated rings. The lowest BCUT2D eigenvalue weighted by Gasteiger charge is -2.07. The number of carboxylic acid groups (broad SMARTS) is 1. The number of ether oxygens (including phenoxy) is 1. The van der Waals surface area contributed by atoms with E-state index in [0.717, 1.165) is 36.4 Å². The molecule has 0 saturated carbocycles. The van der Waals surface area contributed by atoms with E-state index in [2.05, 4.69) is 0 Å². The van der Waals surface area contributed by atoms with Crippen LogP contribution in [0.1, 0.15) is 10.4 Å². The number of nitrogens with zero attached hydrogens (tertiary/aromatic N) is 1. The molecule has 1 N–H and O–H groups in total. The molecular formula is C13H7F2NO5. The van der Waals surface area contributed by atoms with Crippen LogP contribution in [0.5, 0.6) is 11.5 Å². The number of carbonyl (C=O) groups is 1. The van der Waals surface area contributed by atoms with Crippen molar-refractivity contribution >= 4 is 11.7 Å². The predicted octanol–water partition coefficient (Wildman–Crippen LogP) is 3.36. The van der Waals surface area contributed by atoms with Crippen molar-refractivity contribution in [2.75, 3.05) is 0 Å². The summed E-state index contributed by atoms with van der Waals surface area (Å²) in [7, 11) is 0. The first kappa shape index (κ1) is 14.4. The summed E-state index contributed by atoms with van der Waals surface area (Å²) in [5.74, 6) is -3.74. The van der Waals surface area contributed by atoms with Crippen LogP contribution in [0, 0.1) is 21.7 Å². The molecule has 0 aliphatic rings.